The van der Waals surface area contributed by atoms with Crippen molar-refractivity contribution in [1.82, 2.24) is 39.1 Å². The number of aromatic amines is 1. The van der Waals surface area contributed by atoms with Crippen LogP contribution >= 0.6 is 0 Å². The van der Waals surface area contributed by atoms with E-state index in [1.165, 1.54) is 0 Å². The molecule has 11 heteroatoms. The standard InChI is InChI=1S/C40H37N9O2/c1-26(50)15-38-40(29-8-3-2-4-9-29)43-25-48(38)23-30-10-6-12-36-33(30)21-45-49(36)32-11-5-7-27(17-32)18-35-37(19-39(41)51)47(24-42-35)22-28-13-14-34-31(16-28)20-44-46-34/h2-14,16-17,20-21,24-26,50H,15,18-19,22-23H2,1H3,(H2,41,51)(H,44,46). The van der Waals surface area contributed by atoms with E-state index < -0.39 is 12.0 Å². The monoisotopic (exact) mass is 675 g/mol. The average molecular weight is 676 g/mol. The molecule has 8 aromatic rings. The number of nitrogens with two attached hydrogens (primary N) is 1. The molecule has 0 aliphatic carbocycles. The molecule has 0 spiro atoms. The number of amides is 1. The Labute approximate surface area is 294 Å². The maximum Gasteiger partial charge on any atom is 0.223 e. The minimum absolute atomic E-state index is 0.0955. The lowest BCUT2D eigenvalue weighted by Crippen LogP contribution is -2.18. The van der Waals surface area contributed by atoms with Crippen molar-refractivity contribution >= 4 is 27.7 Å². The van der Waals surface area contributed by atoms with Gasteiger partial charge in [0.25, 0.3) is 0 Å². The van der Waals surface area contributed by atoms with E-state index in [-0.39, 0.29) is 6.42 Å². The number of benzene rings is 4. The second-order valence-corrected chi connectivity index (χ2v) is 13.0. The Hall–Kier alpha value is -6.33. The molecule has 1 amide bonds. The number of aliphatic hydroxyl groups is 1. The predicted molar refractivity (Wildman–Crippen MR) is 196 cm³/mol. The van der Waals surface area contributed by atoms with Gasteiger partial charge < -0.3 is 20.0 Å². The van der Waals surface area contributed by atoms with Gasteiger partial charge in [-0.2, -0.15) is 10.2 Å². The molecule has 0 saturated carbocycles. The Morgan fingerprint density at radius 1 is 0.863 bits per heavy atom. The number of nitrogens with one attached hydrogen (secondary N) is 1. The van der Waals surface area contributed by atoms with E-state index in [0.29, 0.717) is 25.9 Å². The Balaban J connectivity index is 1.07. The fourth-order valence-electron chi connectivity index (χ4n) is 6.89. The van der Waals surface area contributed by atoms with E-state index in [9.17, 15) is 9.90 Å². The molecule has 51 heavy (non-hydrogen) atoms. The van der Waals surface area contributed by atoms with Crippen LogP contribution in [0.4, 0.5) is 0 Å². The normalized spacial score (nSPS) is 12.2. The van der Waals surface area contributed by atoms with E-state index in [4.69, 9.17) is 20.8 Å². The van der Waals surface area contributed by atoms with Crippen LogP contribution in [0.2, 0.25) is 0 Å². The minimum Gasteiger partial charge on any atom is -0.393 e. The maximum atomic E-state index is 12.2. The molecular formula is C40H37N9O2. The maximum absolute atomic E-state index is 12.2. The molecule has 4 aromatic heterocycles. The van der Waals surface area contributed by atoms with E-state index >= 15 is 0 Å². The Kier molecular flexibility index (Phi) is 8.46. The van der Waals surface area contributed by atoms with Crippen LogP contribution in [0.3, 0.4) is 0 Å². The number of carbonyl (C=O) groups is 1. The number of nitrogens with zero attached hydrogens (tertiary/aromatic N) is 7. The van der Waals surface area contributed by atoms with Crippen molar-refractivity contribution in [3.05, 3.63) is 150 Å². The van der Waals surface area contributed by atoms with Crippen LogP contribution in [-0.4, -0.2) is 56.2 Å². The Morgan fingerprint density at radius 2 is 1.69 bits per heavy atom. The van der Waals surface area contributed by atoms with Gasteiger partial charge in [0.15, 0.2) is 0 Å². The summed E-state index contributed by atoms with van der Waals surface area (Å²) in [6, 6.07) is 30.7. The third-order valence-corrected chi connectivity index (χ3v) is 9.29. The van der Waals surface area contributed by atoms with E-state index in [1.807, 2.05) is 76.4 Å². The first-order valence-electron chi connectivity index (χ1n) is 16.9. The largest absolute Gasteiger partial charge is 0.393 e. The molecule has 254 valence electrons. The summed E-state index contributed by atoms with van der Waals surface area (Å²) < 4.78 is 6.08. The number of hydrogen-bond acceptors (Lipinski definition) is 6. The fourth-order valence-corrected chi connectivity index (χ4v) is 6.89. The van der Waals surface area contributed by atoms with Gasteiger partial charge in [-0.15, -0.1) is 0 Å². The number of H-pyrrole nitrogens is 1. The van der Waals surface area contributed by atoms with E-state index in [2.05, 4.69) is 51.2 Å². The lowest BCUT2D eigenvalue weighted by Gasteiger charge is -2.13. The number of hydrogen-bond donors (Lipinski definition) is 3. The van der Waals surface area contributed by atoms with Gasteiger partial charge in [-0.05, 0) is 53.9 Å². The third-order valence-electron chi connectivity index (χ3n) is 9.29. The molecule has 4 heterocycles. The molecule has 4 aromatic carbocycles. The molecule has 0 fully saturated rings. The number of carbonyl (C=O) groups excluding carboxylic acids is 1. The van der Waals surface area contributed by atoms with Gasteiger partial charge in [0.1, 0.15) is 0 Å². The topological polar surface area (TPSA) is 145 Å². The smallest absolute Gasteiger partial charge is 0.223 e. The number of fused-ring (bicyclic) bond motifs is 2. The summed E-state index contributed by atoms with van der Waals surface area (Å²) in [5.41, 5.74) is 16.3. The van der Waals surface area contributed by atoms with Crippen LogP contribution in [0, 0.1) is 0 Å². The van der Waals surface area contributed by atoms with Crippen molar-refractivity contribution in [2.45, 2.75) is 45.4 Å². The summed E-state index contributed by atoms with van der Waals surface area (Å²) in [5, 5.41) is 24.4. The highest BCUT2D eigenvalue weighted by molar-refractivity contribution is 5.84. The second kappa shape index (κ2) is 13.5. The van der Waals surface area contributed by atoms with Crippen molar-refractivity contribution in [2.24, 2.45) is 5.73 Å². The van der Waals surface area contributed by atoms with Crippen molar-refractivity contribution < 1.29 is 9.90 Å². The van der Waals surface area contributed by atoms with Gasteiger partial charge >= 0.3 is 0 Å². The second-order valence-electron chi connectivity index (χ2n) is 13.0. The van der Waals surface area contributed by atoms with Gasteiger partial charge in [-0.3, -0.25) is 9.89 Å². The third kappa shape index (κ3) is 6.54. The van der Waals surface area contributed by atoms with Crippen molar-refractivity contribution in [1.29, 1.82) is 0 Å². The average Bonchev–Trinajstić information content (AvgIpc) is 3.93. The molecule has 0 radical (unpaired) electrons. The summed E-state index contributed by atoms with van der Waals surface area (Å²) in [7, 11) is 0. The highest BCUT2D eigenvalue weighted by atomic mass is 16.3. The van der Waals surface area contributed by atoms with Gasteiger partial charge in [0, 0.05) is 48.0 Å². The number of rotatable bonds is 12. The lowest BCUT2D eigenvalue weighted by molar-refractivity contribution is -0.117. The number of aliphatic hydroxyl groups excluding tert-OH is 1. The summed E-state index contributed by atoms with van der Waals surface area (Å²) in [6.45, 7) is 2.95. The summed E-state index contributed by atoms with van der Waals surface area (Å²) in [5.74, 6) is -0.402. The highest BCUT2D eigenvalue weighted by Gasteiger charge is 2.18. The molecule has 8 rings (SSSR count). The van der Waals surface area contributed by atoms with E-state index in [0.717, 1.165) is 72.5 Å². The van der Waals surface area contributed by atoms with Crippen molar-refractivity contribution in [3.8, 4) is 16.9 Å². The summed E-state index contributed by atoms with van der Waals surface area (Å²) in [4.78, 5) is 21.7. The van der Waals surface area contributed by atoms with Crippen LogP contribution in [0.25, 0.3) is 38.8 Å². The SMILES string of the molecule is CC(O)Cc1c(-c2ccccc2)ncn1Cc1cccc2c1cnn2-c1cccc(Cc2ncn(Cc3ccc4[nH]ncc4c3)c2CC(N)=O)c1. The van der Waals surface area contributed by atoms with Crippen LogP contribution in [-0.2, 0) is 37.1 Å². The lowest BCUT2D eigenvalue weighted by atomic mass is 10.1. The van der Waals surface area contributed by atoms with Gasteiger partial charge in [0.05, 0.1) is 71.4 Å². The predicted octanol–water partition coefficient (Wildman–Crippen LogP) is 5.60. The zero-order chi connectivity index (χ0) is 34.9. The summed E-state index contributed by atoms with van der Waals surface area (Å²) >= 11 is 0. The number of imidazole rings is 2. The van der Waals surface area contributed by atoms with Crippen LogP contribution in [0.15, 0.2) is 116 Å². The molecule has 1 unspecified atom stereocenters. The van der Waals surface area contributed by atoms with Crippen LogP contribution in [0.1, 0.15) is 40.7 Å². The Morgan fingerprint density at radius 3 is 2.53 bits per heavy atom. The Bertz CT molecular complexity index is 2490. The molecule has 0 saturated heterocycles. The van der Waals surface area contributed by atoms with Crippen LogP contribution in [0.5, 0.6) is 0 Å². The fraction of sp³-hybridized carbons (Fsp3) is 0.175. The first-order valence-corrected chi connectivity index (χ1v) is 16.9. The zero-order valence-corrected chi connectivity index (χ0v) is 28.1. The summed E-state index contributed by atoms with van der Waals surface area (Å²) in [6.07, 6.45) is 7.97. The van der Waals surface area contributed by atoms with Crippen molar-refractivity contribution in [2.75, 3.05) is 0 Å². The van der Waals surface area contributed by atoms with Crippen LogP contribution < -0.4 is 5.73 Å². The van der Waals surface area contributed by atoms with Gasteiger partial charge in [-0.1, -0.05) is 60.7 Å². The molecule has 0 bridgehead atoms. The first kappa shape index (κ1) is 31.9. The molecular weight excluding hydrogens is 639 g/mol. The highest BCUT2D eigenvalue weighted by Crippen LogP contribution is 2.28. The molecule has 0 aliphatic heterocycles. The van der Waals surface area contributed by atoms with Crippen molar-refractivity contribution in [3.63, 3.8) is 0 Å². The molecule has 1 atom stereocenters. The molecule has 11 nitrogen and oxygen atoms in total. The number of primary amides is 1. The van der Waals surface area contributed by atoms with E-state index in [1.54, 1.807) is 19.4 Å². The van der Waals surface area contributed by atoms with Gasteiger partial charge in [0.2, 0.25) is 5.91 Å². The molecule has 4 N–H and O–H groups in total. The number of aromatic nitrogens is 8. The first-order chi connectivity index (χ1) is 24.9. The zero-order valence-electron chi connectivity index (χ0n) is 28.1. The minimum atomic E-state index is -0.507. The quantitative estimate of drug-likeness (QED) is 0.154. The van der Waals surface area contributed by atoms with Gasteiger partial charge in [-0.25, -0.2) is 14.6 Å². The molecule has 0 aliphatic rings.